The van der Waals surface area contributed by atoms with Gasteiger partial charge in [0.05, 0.1) is 25.4 Å². The lowest BCUT2D eigenvalue weighted by Gasteiger charge is -2.40. The van der Waals surface area contributed by atoms with E-state index >= 15 is 0 Å². The summed E-state index contributed by atoms with van der Waals surface area (Å²) in [4.78, 5) is 19.8. The van der Waals surface area contributed by atoms with E-state index in [0.717, 1.165) is 22.6 Å². The van der Waals surface area contributed by atoms with Crippen molar-refractivity contribution in [3.05, 3.63) is 72.2 Å². The lowest BCUT2D eigenvalue weighted by atomic mass is 9.84. The van der Waals surface area contributed by atoms with E-state index in [1.54, 1.807) is 7.11 Å². The zero-order valence-electron chi connectivity index (χ0n) is 21.8. The van der Waals surface area contributed by atoms with Crippen LogP contribution in [-0.2, 0) is 16.1 Å². The minimum atomic E-state index is -1.37. The molecule has 1 amide bonds. The molecule has 3 aromatic rings. The van der Waals surface area contributed by atoms with Crippen LogP contribution in [0.3, 0.4) is 0 Å². The molecule has 2 N–H and O–H groups in total. The molecule has 0 saturated carbocycles. The third-order valence-electron chi connectivity index (χ3n) is 5.98. The van der Waals surface area contributed by atoms with Crippen LogP contribution in [-0.4, -0.2) is 60.4 Å². The highest BCUT2D eigenvalue weighted by Crippen LogP contribution is 2.39. The lowest BCUT2D eigenvalue weighted by Crippen LogP contribution is -2.47. The molecule has 0 aliphatic heterocycles. The normalized spacial score (nSPS) is 13.3. The van der Waals surface area contributed by atoms with Crippen molar-refractivity contribution in [3.63, 3.8) is 0 Å². The average Bonchev–Trinajstić information content (AvgIpc) is 3.26. The number of nitrogens with zero attached hydrogens (tertiary/aromatic N) is 3. The summed E-state index contributed by atoms with van der Waals surface area (Å²) in [6, 6.07) is 17.1. The molecule has 1 unspecified atom stereocenters. The number of hydrogen-bond donors (Lipinski definition) is 1. The number of imidazole rings is 1. The van der Waals surface area contributed by atoms with Gasteiger partial charge in [0, 0.05) is 32.0 Å². The van der Waals surface area contributed by atoms with Crippen LogP contribution in [0.15, 0.2) is 60.8 Å². The number of amides is 1. The molecule has 0 spiro atoms. The maximum Gasteiger partial charge on any atom is 0.249 e. The number of methoxy groups -OCH3 is 2. The highest BCUT2D eigenvalue weighted by Gasteiger charge is 2.39. The predicted molar refractivity (Wildman–Crippen MR) is 139 cm³/mol. The Hall–Kier alpha value is -3.23. The van der Waals surface area contributed by atoms with E-state index in [-0.39, 0.29) is 25.6 Å². The van der Waals surface area contributed by atoms with Gasteiger partial charge in [-0.2, -0.15) is 0 Å². The second kappa shape index (κ2) is 12.1. The molecule has 1 heterocycles. The van der Waals surface area contributed by atoms with Crippen molar-refractivity contribution < 1.29 is 18.7 Å². The molecule has 0 saturated heterocycles. The molecule has 194 valence electrons. The van der Waals surface area contributed by atoms with Gasteiger partial charge < -0.3 is 24.7 Å². The number of benzene rings is 2. The summed E-state index contributed by atoms with van der Waals surface area (Å²) in [6.07, 6.45) is 0.614. The maximum atomic E-state index is 14.6. The topological polar surface area (TPSA) is 82.6 Å². The number of nitrogens with two attached hydrogens (primary N) is 1. The third-order valence-corrected chi connectivity index (χ3v) is 5.98. The Balaban J connectivity index is 2.17. The molecule has 0 fully saturated rings. The number of aromatic nitrogens is 2. The predicted octanol–water partition coefficient (Wildman–Crippen LogP) is 4.47. The molecule has 2 aromatic carbocycles. The van der Waals surface area contributed by atoms with Crippen LogP contribution in [0.2, 0.25) is 0 Å². The summed E-state index contributed by atoms with van der Waals surface area (Å²) in [5, 5.41) is 0. The number of alkyl halides is 1. The van der Waals surface area contributed by atoms with Gasteiger partial charge in [-0.15, -0.1) is 0 Å². The summed E-state index contributed by atoms with van der Waals surface area (Å²) in [5.74, 6) is 1.11. The molecule has 0 aliphatic carbocycles. The number of rotatable bonds is 11. The summed E-state index contributed by atoms with van der Waals surface area (Å²) >= 11 is 0. The molecule has 7 nitrogen and oxygen atoms in total. The Bertz CT molecular complexity index is 1130. The Labute approximate surface area is 213 Å². The van der Waals surface area contributed by atoms with Crippen molar-refractivity contribution in [2.45, 2.75) is 39.5 Å². The fraction of sp³-hybridized carbons (Fsp3) is 0.429. The summed E-state index contributed by atoms with van der Waals surface area (Å²) in [7, 11) is 3.09. The largest absolute Gasteiger partial charge is 0.497 e. The summed E-state index contributed by atoms with van der Waals surface area (Å²) in [5.41, 5.74) is 7.88. The monoisotopic (exact) mass is 496 g/mol. The second-order valence-corrected chi connectivity index (χ2v) is 9.91. The van der Waals surface area contributed by atoms with Crippen molar-refractivity contribution in [3.8, 4) is 17.0 Å². The van der Waals surface area contributed by atoms with E-state index in [1.807, 2.05) is 86.1 Å². The van der Waals surface area contributed by atoms with Crippen LogP contribution in [0.25, 0.3) is 11.3 Å². The van der Waals surface area contributed by atoms with Crippen molar-refractivity contribution in [1.29, 1.82) is 0 Å². The van der Waals surface area contributed by atoms with E-state index in [1.165, 1.54) is 12.0 Å². The smallest absolute Gasteiger partial charge is 0.249 e. The van der Waals surface area contributed by atoms with E-state index in [2.05, 4.69) is 0 Å². The van der Waals surface area contributed by atoms with E-state index in [0.29, 0.717) is 12.4 Å². The molecular formula is C28H37FN4O3. The lowest BCUT2D eigenvalue weighted by molar-refractivity contribution is -0.141. The Kier molecular flexibility index (Phi) is 9.23. The van der Waals surface area contributed by atoms with Crippen molar-refractivity contribution >= 4 is 5.91 Å². The highest BCUT2D eigenvalue weighted by atomic mass is 19.1. The van der Waals surface area contributed by atoms with Gasteiger partial charge in [0.1, 0.15) is 24.4 Å². The fourth-order valence-corrected chi connectivity index (χ4v) is 4.33. The van der Waals surface area contributed by atoms with Gasteiger partial charge in [0.2, 0.25) is 5.91 Å². The Morgan fingerprint density at radius 3 is 2.47 bits per heavy atom. The van der Waals surface area contributed by atoms with Gasteiger partial charge in [0.15, 0.2) is 0 Å². The van der Waals surface area contributed by atoms with Gasteiger partial charge in [-0.05, 0) is 23.1 Å². The van der Waals surface area contributed by atoms with Crippen LogP contribution in [0, 0.1) is 5.41 Å². The number of hydrogen-bond acceptors (Lipinski definition) is 5. The Morgan fingerprint density at radius 2 is 1.86 bits per heavy atom. The molecule has 0 bridgehead atoms. The maximum absolute atomic E-state index is 14.6. The molecule has 0 aliphatic rings. The van der Waals surface area contributed by atoms with Gasteiger partial charge in [-0.25, -0.2) is 9.37 Å². The van der Waals surface area contributed by atoms with Gasteiger partial charge >= 0.3 is 0 Å². The standard InChI is InChI=1S/C28H37FN4O3/c1-28(2,3)26(33(17-22(29)15-30)25(34)19-35-4)27-31-24(21-11-7-6-8-12-21)18-32(27)16-20-10-9-13-23(14-20)36-5/h6-14,18,22,26H,15-17,19,30H2,1-5H3/t22?,26-/m0/s1. The number of carbonyl (C=O) groups is 1. The van der Waals surface area contributed by atoms with Crippen molar-refractivity contribution in [1.82, 2.24) is 14.5 Å². The molecule has 3 rings (SSSR count). The van der Waals surface area contributed by atoms with E-state index in [4.69, 9.17) is 20.2 Å². The fourth-order valence-electron chi connectivity index (χ4n) is 4.33. The minimum absolute atomic E-state index is 0.146. The number of halogens is 1. The van der Waals surface area contributed by atoms with Crippen molar-refractivity contribution in [2.24, 2.45) is 11.1 Å². The van der Waals surface area contributed by atoms with Gasteiger partial charge in [-0.1, -0.05) is 63.2 Å². The molecule has 2 atom stereocenters. The Morgan fingerprint density at radius 1 is 1.14 bits per heavy atom. The number of ether oxygens (including phenoxy) is 2. The number of carbonyl (C=O) groups excluding carboxylic acids is 1. The first-order valence-corrected chi connectivity index (χ1v) is 12.1. The summed E-state index contributed by atoms with van der Waals surface area (Å²) in [6.45, 7) is 6.08. The molecular weight excluding hydrogens is 459 g/mol. The van der Waals surface area contributed by atoms with E-state index < -0.39 is 17.6 Å². The highest BCUT2D eigenvalue weighted by molar-refractivity contribution is 5.78. The summed E-state index contributed by atoms with van der Waals surface area (Å²) < 4.78 is 27.2. The first-order valence-electron chi connectivity index (χ1n) is 12.1. The molecule has 1 aromatic heterocycles. The van der Waals surface area contributed by atoms with Crippen LogP contribution < -0.4 is 10.5 Å². The molecule has 36 heavy (non-hydrogen) atoms. The van der Waals surface area contributed by atoms with Crippen LogP contribution in [0.5, 0.6) is 5.75 Å². The van der Waals surface area contributed by atoms with Crippen LogP contribution in [0.1, 0.15) is 38.2 Å². The quantitative estimate of drug-likeness (QED) is 0.424. The zero-order chi connectivity index (χ0) is 26.3. The molecule has 8 heteroatoms. The molecule has 0 radical (unpaired) electrons. The van der Waals surface area contributed by atoms with Gasteiger partial charge in [0.25, 0.3) is 0 Å². The van der Waals surface area contributed by atoms with E-state index in [9.17, 15) is 9.18 Å². The van der Waals surface area contributed by atoms with Crippen molar-refractivity contribution in [2.75, 3.05) is 33.9 Å². The average molecular weight is 497 g/mol. The third kappa shape index (κ3) is 6.71. The van der Waals surface area contributed by atoms with Gasteiger partial charge in [-0.3, -0.25) is 4.79 Å². The zero-order valence-corrected chi connectivity index (χ0v) is 21.8. The van der Waals surface area contributed by atoms with Crippen LogP contribution >= 0.6 is 0 Å². The first-order chi connectivity index (χ1) is 17.2. The first kappa shape index (κ1) is 27.4. The SMILES string of the molecule is COCC(=O)N(CC(F)CN)[C@@H](c1nc(-c2ccccc2)cn1Cc1cccc(OC)c1)C(C)(C)C. The second-order valence-electron chi connectivity index (χ2n) is 9.91. The van der Waals surface area contributed by atoms with Crippen LogP contribution in [0.4, 0.5) is 4.39 Å². The minimum Gasteiger partial charge on any atom is -0.497 e.